The Bertz CT molecular complexity index is 371. The Hall–Kier alpha value is -1.17. The first-order valence-corrected chi connectivity index (χ1v) is 5.98. The molecule has 1 aromatic carbocycles. The summed E-state index contributed by atoms with van der Waals surface area (Å²) in [6, 6.07) is 4.34. The average Bonchev–Trinajstić information content (AvgIpc) is 2.34. The standard InChI is InChI=1S/C13H20FNO3/c1-3-17-7-11(16)8-18-13-5-4-10(9(2)15)6-12(13)14/h4-6,9,11,16H,3,7-8,15H2,1-2H3. The molecule has 0 fully saturated rings. The van der Waals surface area contributed by atoms with E-state index in [-0.39, 0.29) is 25.0 Å². The second kappa shape index (κ2) is 7.31. The summed E-state index contributed by atoms with van der Waals surface area (Å²) >= 11 is 0. The Morgan fingerprint density at radius 3 is 2.67 bits per heavy atom. The zero-order valence-corrected chi connectivity index (χ0v) is 10.7. The number of rotatable bonds is 7. The molecular weight excluding hydrogens is 237 g/mol. The lowest BCUT2D eigenvalue weighted by atomic mass is 10.1. The van der Waals surface area contributed by atoms with Gasteiger partial charge in [0.1, 0.15) is 12.7 Å². The van der Waals surface area contributed by atoms with Gasteiger partial charge in [0, 0.05) is 12.6 Å². The first-order chi connectivity index (χ1) is 8.54. The fourth-order valence-electron chi connectivity index (χ4n) is 1.41. The number of hydrogen-bond donors (Lipinski definition) is 2. The van der Waals surface area contributed by atoms with E-state index in [4.69, 9.17) is 15.2 Å². The lowest BCUT2D eigenvalue weighted by Crippen LogP contribution is -2.23. The molecule has 0 aliphatic rings. The van der Waals surface area contributed by atoms with E-state index in [2.05, 4.69) is 0 Å². The van der Waals surface area contributed by atoms with Crippen molar-refractivity contribution in [2.75, 3.05) is 19.8 Å². The lowest BCUT2D eigenvalue weighted by Gasteiger charge is -2.13. The Balaban J connectivity index is 2.52. The van der Waals surface area contributed by atoms with Gasteiger partial charge in [-0.25, -0.2) is 4.39 Å². The molecular formula is C13H20FNO3. The van der Waals surface area contributed by atoms with Crippen LogP contribution in [0.15, 0.2) is 18.2 Å². The number of aliphatic hydroxyl groups excluding tert-OH is 1. The van der Waals surface area contributed by atoms with Gasteiger partial charge in [-0.3, -0.25) is 0 Å². The smallest absolute Gasteiger partial charge is 0.165 e. The van der Waals surface area contributed by atoms with Gasteiger partial charge in [-0.15, -0.1) is 0 Å². The maximum Gasteiger partial charge on any atom is 0.165 e. The maximum atomic E-state index is 13.6. The summed E-state index contributed by atoms with van der Waals surface area (Å²) in [6.07, 6.45) is -0.766. The number of benzene rings is 1. The average molecular weight is 257 g/mol. The zero-order chi connectivity index (χ0) is 13.5. The number of ether oxygens (including phenoxy) is 2. The van der Waals surface area contributed by atoms with Crippen LogP contribution >= 0.6 is 0 Å². The monoisotopic (exact) mass is 257 g/mol. The molecule has 4 nitrogen and oxygen atoms in total. The van der Waals surface area contributed by atoms with E-state index in [1.165, 1.54) is 12.1 Å². The molecule has 2 unspecified atom stereocenters. The van der Waals surface area contributed by atoms with Crippen molar-refractivity contribution >= 4 is 0 Å². The van der Waals surface area contributed by atoms with Crippen LogP contribution in [0.25, 0.3) is 0 Å². The molecule has 2 atom stereocenters. The summed E-state index contributed by atoms with van der Waals surface area (Å²) in [4.78, 5) is 0. The lowest BCUT2D eigenvalue weighted by molar-refractivity contribution is 0.0157. The fourth-order valence-corrected chi connectivity index (χ4v) is 1.41. The Morgan fingerprint density at radius 2 is 2.11 bits per heavy atom. The largest absolute Gasteiger partial charge is 0.488 e. The molecule has 0 radical (unpaired) electrons. The van der Waals surface area contributed by atoms with Crippen LogP contribution in [0.1, 0.15) is 25.5 Å². The summed E-state index contributed by atoms with van der Waals surface area (Å²) in [7, 11) is 0. The van der Waals surface area contributed by atoms with Crippen LogP contribution in [0.4, 0.5) is 4.39 Å². The van der Waals surface area contributed by atoms with Gasteiger partial charge in [-0.2, -0.15) is 0 Å². The quantitative estimate of drug-likeness (QED) is 0.779. The van der Waals surface area contributed by atoms with Gasteiger partial charge in [0.2, 0.25) is 0 Å². The fraction of sp³-hybridized carbons (Fsp3) is 0.538. The second-order valence-corrected chi connectivity index (χ2v) is 4.10. The predicted molar refractivity (Wildman–Crippen MR) is 67.0 cm³/mol. The van der Waals surface area contributed by atoms with E-state index in [1.807, 2.05) is 6.92 Å². The Morgan fingerprint density at radius 1 is 1.39 bits per heavy atom. The van der Waals surface area contributed by atoms with Gasteiger partial charge in [0.05, 0.1) is 6.61 Å². The third kappa shape index (κ3) is 4.60. The third-order valence-corrected chi connectivity index (χ3v) is 2.43. The molecule has 0 heterocycles. The normalized spacial score (nSPS) is 14.3. The van der Waals surface area contributed by atoms with Crippen molar-refractivity contribution in [2.24, 2.45) is 5.73 Å². The maximum absolute atomic E-state index is 13.6. The van der Waals surface area contributed by atoms with Gasteiger partial charge in [-0.05, 0) is 31.5 Å². The van der Waals surface area contributed by atoms with E-state index < -0.39 is 11.9 Å². The van der Waals surface area contributed by atoms with Crippen LogP contribution in [0.3, 0.4) is 0 Å². The zero-order valence-electron chi connectivity index (χ0n) is 10.7. The molecule has 0 aromatic heterocycles. The third-order valence-electron chi connectivity index (χ3n) is 2.43. The van der Waals surface area contributed by atoms with Crippen LogP contribution in [-0.2, 0) is 4.74 Å². The minimum atomic E-state index is -0.766. The first-order valence-electron chi connectivity index (χ1n) is 5.98. The van der Waals surface area contributed by atoms with Crippen molar-refractivity contribution in [3.05, 3.63) is 29.6 Å². The number of aliphatic hydroxyl groups is 1. The molecule has 0 aliphatic carbocycles. The summed E-state index contributed by atoms with van der Waals surface area (Å²) in [5.74, 6) is -0.372. The van der Waals surface area contributed by atoms with Gasteiger partial charge in [0.25, 0.3) is 0 Å². The molecule has 102 valence electrons. The molecule has 0 spiro atoms. The van der Waals surface area contributed by atoms with Gasteiger partial charge >= 0.3 is 0 Å². The molecule has 1 rings (SSSR count). The first kappa shape index (κ1) is 14.9. The van der Waals surface area contributed by atoms with Crippen molar-refractivity contribution in [3.8, 4) is 5.75 Å². The van der Waals surface area contributed by atoms with Crippen LogP contribution < -0.4 is 10.5 Å². The predicted octanol–water partition coefficient (Wildman–Crippen LogP) is 1.62. The minimum Gasteiger partial charge on any atom is -0.488 e. The SMILES string of the molecule is CCOCC(O)COc1ccc(C(C)N)cc1F. The van der Waals surface area contributed by atoms with E-state index in [0.717, 1.165) is 0 Å². The summed E-state index contributed by atoms with van der Waals surface area (Å²) in [6.45, 7) is 4.31. The van der Waals surface area contributed by atoms with Crippen molar-refractivity contribution in [3.63, 3.8) is 0 Å². The second-order valence-electron chi connectivity index (χ2n) is 4.10. The molecule has 1 aromatic rings. The number of hydrogen-bond acceptors (Lipinski definition) is 4. The molecule has 3 N–H and O–H groups in total. The summed E-state index contributed by atoms with van der Waals surface area (Å²) in [5, 5.41) is 9.48. The van der Waals surface area contributed by atoms with E-state index >= 15 is 0 Å². The number of nitrogens with two attached hydrogens (primary N) is 1. The molecule has 0 saturated heterocycles. The molecule has 18 heavy (non-hydrogen) atoms. The molecule has 0 bridgehead atoms. The van der Waals surface area contributed by atoms with Crippen molar-refractivity contribution < 1.29 is 19.0 Å². The Kier molecular flexibility index (Phi) is 6.04. The van der Waals surface area contributed by atoms with Crippen LogP contribution in [0, 0.1) is 5.82 Å². The highest BCUT2D eigenvalue weighted by molar-refractivity contribution is 5.30. The van der Waals surface area contributed by atoms with Crippen LogP contribution in [-0.4, -0.2) is 31.0 Å². The van der Waals surface area contributed by atoms with Crippen molar-refractivity contribution in [1.82, 2.24) is 0 Å². The molecule has 0 aliphatic heterocycles. The van der Waals surface area contributed by atoms with Gasteiger partial charge in [-0.1, -0.05) is 6.07 Å². The van der Waals surface area contributed by atoms with Crippen LogP contribution in [0.2, 0.25) is 0 Å². The topological polar surface area (TPSA) is 64.7 Å². The molecule has 0 amide bonds. The molecule has 0 saturated carbocycles. The van der Waals surface area contributed by atoms with Gasteiger partial charge in [0.15, 0.2) is 11.6 Å². The highest BCUT2D eigenvalue weighted by Gasteiger charge is 2.10. The van der Waals surface area contributed by atoms with Crippen molar-refractivity contribution in [1.29, 1.82) is 0 Å². The highest BCUT2D eigenvalue weighted by atomic mass is 19.1. The van der Waals surface area contributed by atoms with Crippen LogP contribution in [0.5, 0.6) is 5.75 Å². The van der Waals surface area contributed by atoms with Crippen molar-refractivity contribution in [2.45, 2.75) is 26.0 Å². The minimum absolute atomic E-state index is 0.00551. The van der Waals surface area contributed by atoms with E-state index in [1.54, 1.807) is 13.0 Å². The summed E-state index contributed by atoms with van der Waals surface area (Å²) < 4.78 is 23.8. The van der Waals surface area contributed by atoms with E-state index in [0.29, 0.717) is 12.2 Å². The van der Waals surface area contributed by atoms with Gasteiger partial charge < -0.3 is 20.3 Å². The summed E-state index contributed by atoms with van der Waals surface area (Å²) in [5.41, 5.74) is 6.35. The van der Waals surface area contributed by atoms with E-state index in [9.17, 15) is 9.50 Å². The highest BCUT2D eigenvalue weighted by Crippen LogP contribution is 2.21. The molecule has 5 heteroatoms. The Labute approximate surface area is 107 Å². The number of halogens is 1.